The molecule has 0 spiro atoms. The molecule has 0 saturated carbocycles. The third-order valence-electron chi connectivity index (χ3n) is 4.35. The van der Waals surface area contributed by atoms with Crippen LogP contribution in [0.1, 0.15) is 10.4 Å². The molecule has 7 heteroatoms. The average molecular weight is 405 g/mol. The lowest BCUT2D eigenvalue weighted by Gasteiger charge is -2.10. The summed E-state index contributed by atoms with van der Waals surface area (Å²) in [7, 11) is 1.47. The van der Waals surface area contributed by atoms with Crippen molar-refractivity contribution in [3.63, 3.8) is 0 Å². The zero-order chi connectivity index (χ0) is 20.2. The van der Waals surface area contributed by atoms with Crippen LogP contribution < -0.4 is 10.1 Å². The van der Waals surface area contributed by atoms with E-state index in [9.17, 15) is 4.79 Å². The zero-order valence-electron chi connectivity index (χ0n) is 15.5. The number of benzene rings is 2. The molecule has 2 N–H and O–H groups in total. The Morgan fingerprint density at radius 3 is 2.69 bits per heavy atom. The topological polar surface area (TPSA) is 79.9 Å². The second-order valence-electron chi connectivity index (χ2n) is 6.22. The normalized spacial score (nSPS) is 10.6. The van der Waals surface area contributed by atoms with Gasteiger partial charge >= 0.3 is 0 Å². The van der Waals surface area contributed by atoms with Gasteiger partial charge in [0, 0.05) is 17.4 Å². The molecule has 1 amide bonds. The van der Waals surface area contributed by atoms with Crippen LogP contribution in [0.15, 0.2) is 73.1 Å². The number of halogens is 1. The summed E-state index contributed by atoms with van der Waals surface area (Å²) in [4.78, 5) is 24.4. The molecule has 6 nitrogen and oxygen atoms in total. The maximum Gasteiger partial charge on any atom is 0.261 e. The van der Waals surface area contributed by atoms with E-state index in [1.54, 1.807) is 42.7 Å². The Labute approximate surface area is 172 Å². The van der Waals surface area contributed by atoms with Gasteiger partial charge in [0.15, 0.2) is 0 Å². The first-order chi connectivity index (χ1) is 14.2. The number of nitrogens with one attached hydrogen (secondary N) is 2. The molecule has 2 aromatic heterocycles. The number of carbonyl (C=O) groups excluding carboxylic acids is 1. The van der Waals surface area contributed by atoms with Crippen molar-refractivity contribution in [1.82, 2.24) is 15.0 Å². The van der Waals surface area contributed by atoms with Crippen LogP contribution in [0.25, 0.3) is 22.6 Å². The first-order valence-electron chi connectivity index (χ1n) is 8.86. The van der Waals surface area contributed by atoms with Crippen molar-refractivity contribution >= 4 is 23.2 Å². The molecule has 2 heterocycles. The maximum absolute atomic E-state index is 12.6. The Kier molecular flexibility index (Phi) is 5.27. The van der Waals surface area contributed by atoms with Crippen LogP contribution in [0.4, 0.5) is 5.69 Å². The van der Waals surface area contributed by atoms with Crippen molar-refractivity contribution < 1.29 is 9.53 Å². The molecule has 2 aromatic carbocycles. The molecular formula is C22H17ClN4O2. The fourth-order valence-corrected chi connectivity index (χ4v) is 3.14. The molecule has 0 aliphatic carbocycles. The van der Waals surface area contributed by atoms with Gasteiger partial charge in [-0.3, -0.25) is 4.79 Å². The Bertz CT molecular complexity index is 1160. The van der Waals surface area contributed by atoms with Crippen molar-refractivity contribution in [2.45, 2.75) is 0 Å². The van der Waals surface area contributed by atoms with Gasteiger partial charge in [-0.25, -0.2) is 9.97 Å². The Hall–Kier alpha value is -3.64. The van der Waals surface area contributed by atoms with Crippen LogP contribution >= 0.6 is 11.6 Å². The standard InChI is InChI=1S/C22H17ClN4O2/c1-29-22-16(8-5-11-24-22)21(28)26-15-9-10-18(23)17(12-15)20-25-13-19(27-20)14-6-3-2-4-7-14/h2-13H,1H3,(H,25,27)(H,26,28). The van der Waals surface area contributed by atoms with Gasteiger partial charge in [0.05, 0.1) is 24.0 Å². The highest BCUT2D eigenvalue weighted by Crippen LogP contribution is 2.30. The molecule has 0 aliphatic heterocycles. The predicted octanol–water partition coefficient (Wildman–Crippen LogP) is 5.05. The van der Waals surface area contributed by atoms with E-state index in [1.165, 1.54) is 7.11 Å². The summed E-state index contributed by atoms with van der Waals surface area (Å²) >= 11 is 6.38. The number of nitrogens with zero attached hydrogens (tertiary/aromatic N) is 2. The van der Waals surface area contributed by atoms with Gasteiger partial charge in [-0.2, -0.15) is 0 Å². The van der Waals surface area contributed by atoms with Crippen LogP contribution in [0, 0.1) is 0 Å². The van der Waals surface area contributed by atoms with Gasteiger partial charge in [0.2, 0.25) is 5.88 Å². The van der Waals surface area contributed by atoms with Gasteiger partial charge in [0.25, 0.3) is 5.91 Å². The summed E-state index contributed by atoms with van der Waals surface area (Å²) < 4.78 is 5.15. The minimum absolute atomic E-state index is 0.262. The van der Waals surface area contributed by atoms with E-state index < -0.39 is 0 Å². The minimum atomic E-state index is -0.326. The molecule has 29 heavy (non-hydrogen) atoms. The van der Waals surface area contributed by atoms with E-state index in [-0.39, 0.29) is 11.8 Å². The molecule has 0 atom stereocenters. The first kappa shape index (κ1) is 18.7. The first-order valence-corrected chi connectivity index (χ1v) is 9.24. The number of anilines is 1. The number of hydrogen-bond donors (Lipinski definition) is 2. The summed E-state index contributed by atoms with van der Waals surface area (Å²) in [6, 6.07) is 18.4. The third kappa shape index (κ3) is 3.97. The number of aromatic amines is 1. The Morgan fingerprint density at radius 2 is 1.90 bits per heavy atom. The van der Waals surface area contributed by atoms with E-state index in [4.69, 9.17) is 16.3 Å². The highest BCUT2D eigenvalue weighted by Gasteiger charge is 2.15. The molecule has 0 saturated heterocycles. The second kappa shape index (κ2) is 8.16. The molecule has 0 radical (unpaired) electrons. The number of hydrogen-bond acceptors (Lipinski definition) is 4. The maximum atomic E-state index is 12.6. The van der Waals surface area contributed by atoms with Gasteiger partial charge in [-0.05, 0) is 35.9 Å². The molecule has 0 aliphatic rings. The van der Waals surface area contributed by atoms with Crippen LogP contribution in [-0.4, -0.2) is 28.0 Å². The number of imidazole rings is 1. The minimum Gasteiger partial charge on any atom is -0.480 e. The van der Waals surface area contributed by atoms with Gasteiger partial charge in [-0.1, -0.05) is 41.9 Å². The largest absolute Gasteiger partial charge is 0.480 e. The average Bonchev–Trinajstić information content (AvgIpc) is 3.25. The Balaban J connectivity index is 1.62. The zero-order valence-corrected chi connectivity index (χ0v) is 16.3. The van der Waals surface area contributed by atoms with Crippen molar-refractivity contribution in [3.8, 4) is 28.5 Å². The van der Waals surface area contributed by atoms with Crippen molar-refractivity contribution in [3.05, 3.63) is 83.6 Å². The summed E-state index contributed by atoms with van der Waals surface area (Å²) in [5, 5.41) is 3.37. The number of amides is 1. The number of carbonyl (C=O) groups is 1. The second-order valence-corrected chi connectivity index (χ2v) is 6.63. The fourth-order valence-electron chi connectivity index (χ4n) is 2.93. The Morgan fingerprint density at radius 1 is 1.07 bits per heavy atom. The van der Waals surface area contributed by atoms with E-state index in [0.717, 1.165) is 11.3 Å². The summed E-state index contributed by atoms with van der Waals surface area (Å²) in [5.74, 6) is 0.550. The van der Waals surface area contributed by atoms with Crippen LogP contribution in [0.2, 0.25) is 5.02 Å². The summed E-state index contributed by atoms with van der Waals surface area (Å²) in [6.45, 7) is 0. The van der Waals surface area contributed by atoms with Gasteiger partial charge < -0.3 is 15.0 Å². The molecular weight excluding hydrogens is 388 g/mol. The SMILES string of the molecule is COc1ncccc1C(=O)Nc1ccc(Cl)c(-c2ncc(-c3ccccc3)[nH]2)c1. The number of ether oxygens (including phenoxy) is 1. The van der Waals surface area contributed by atoms with Crippen molar-refractivity contribution in [2.75, 3.05) is 12.4 Å². The highest BCUT2D eigenvalue weighted by molar-refractivity contribution is 6.33. The van der Waals surface area contributed by atoms with E-state index in [2.05, 4.69) is 20.3 Å². The fraction of sp³-hybridized carbons (Fsp3) is 0.0455. The third-order valence-corrected chi connectivity index (χ3v) is 4.68. The predicted molar refractivity (Wildman–Crippen MR) is 113 cm³/mol. The number of pyridine rings is 1. The van der Waals surface area contributed by atoms with E-state index in [1.807, 2.05) is 30.3 Å². The lowest BCUT2D eigenvalue weighted by atomic mass is 10.1. The van der Waals surface area contributed by atoms with Gasteiger partial charge in [-0.15, -0.1) is 0 Å². The van der Waals surface area contributed by atoms with E-state index >= 15 is 0 Å². The van der Waals surface area contributed by atoms with Gasteiger partial charge in [0.1, 0.15) is 11.4 Å². The summed E-state index contributed by atoms with van der Waals surface area (Å²) in [5.41, 5.74) is 3.51. The van der Waals surface area contributed by atoms with E-state index in [0.29, 0.717) is 27.7 Å². The lowest BCUT2D eigenvalue weighted by molar-refractivity contribution is 0.102. The monoisotopic (exact) mass is 404 g/mol. The van der Waals surface area contributed by atoms with Crippen molar-refractivity contribution in [1.29, 1.82) is 0 Å². The molecule has 144 valence electrons. The van der Waals surface area contributed by atoms with Crippen LogP contribution in [0.3, 0.4) is 0 Å². The number of rotatable bonds is 5. The molecule has 0 unspecified atom stereocenters. The molecule has 4 aromatic rings. The highest BCUT2D eigenvalue weighted by atomic mass is 35.5. The van der Waals surface area contributed by atoms with Crippen LogP contribution in [0.5, 0.6) is 5.88 Å². The molecule has 0 fully saturated rings. The van der Waals surface area contributed by atoms with Crippen LogP contribution in [-0.2, 0) is 0 Å². The molecule has 0 bridgehead atoms. The number of aromatic nitrogens is 3. The summed E-state index contributed by atoms with van der Waals surface area (Å²) in [6.07, 6.45) is 3.32. The number of methoxy groups -OCH3 is 1. The quantitative estimate of drug-likeness (QED) is 0.487. The lowest BCUT2D eigenvalue weighted by Crippen LogP contribution is -2.13. The number of H-pyrrole nitrogens is 1. The van der Waals surface area contributed by atoms with Crippen molar-refractivity contribution in [2.24, 2.45) is 0 Å². The molecule has 4 rings (SSSR count). The smallest absolute Gasteiger partial charge is 0.261 e.